The van der Waals surface area contributed by atoms with Gasteiger partial charge in [-0.1, -0.05) is 42.8 Å². The predicted molar refractivity (Wildman–Crippen MR) is 90.2 cm³/mol. The number of benzene rings is 2. The normalized spacial score (nSPS) is 12.0. The van der Waals surface area contributed by atoms with E-state index in [1.54, 1.807) is 0 Å². The largest absolute Gasteiger partial charge is 0.489 e. The van der Waals surface area contributed by atoms with E-state index in [2.05, 4.69) is 80.3 Å². The van der Waals surface area contributed by atoms with Crippen molar-refractivity contribution >= 4 is 5.69 Å². The fraction of sp³-hybridized carbons (Fsp3) is 0.368. The molecule has 0 N–H and O–H groups in total. The van der Waals surface area contributed by atoms with Crippen molar-refractivity contribution in [3.63, 3.8) is 0 Å². The standard InChI is InChI=1S/C19H25NO/c1-4-18(21-19-13-11-16(3)12-14-19)15-20(5-2)17-9-7-6-8-10-17/h6-14,18H,4-5,15H2,1-3H3. The highest BCUT2D eigenvalue weighted by Crippen LogP contribution is 2.18. The quantitative estimate of drug-likeness (QED) is 0.731. The summed E-state index contributed by atoms with van der Waals surface area (Å²) in [6.45, 7) is 8.35. The van der Waals surface area contributed by atoms with Gasteiger partial charge in [-0.25, -0.2) is 0 Å². The molecule has 2 heteroatoms. The smallest absolute Gasteiger partial charge is 0.119 e. The van der Waals surface area contributed by atoms with E-state index in [1.807, 2.05) is 0 Å². The lowest BCUT2D eigenvalue weighted by atomic mass is 10.2. The Hall–Kier alpha value is -1.96. The summed E-state index contributed by atoms with van der Waals surface area (Å²) < 4.78 is 6.13. The monoisotopic (exact) mass is 283 g/mol. The van der Waals surface area contributed by atoms with Crippen molar-refractivity contribution in [2.75, 3.05) is 18.0 Å². The van der Waals surface area contributed by atoms with E-state index < -0.39 is 0 Å². The maximum absolute atomic E-state index is 6.13. The summed E-state index contributed by atoms with van der Waals surface area (Å²) in [6.07, 6.45) is 1.20. The van der Waals surface area contributed by atoms with E-state index in [1.165, 1.54) is 11.3 Å². The van der Waals surface area contributed by atoms with Gasteiger partial charge in [0.1, 0.15) is 11.9 Å². The van der Waals surface area contributed by atoms with E-state index in [0.717, 1.165) is 25.3 Å². The van der Waals surface area contributed by atoms with E-state index in [4.69, 9.17) is 4.74 Å². The van der Waals surface area contributed by atoms with Gasteiger partial charge in [0.2, 0.25) is 0 Å². The minimum Gasteiger partial charge on any atom is -0.489 e. The lowest BCUT2D eigenvalue weighted by Gasteiger charge is -2.28. The number of likely N-dealkylation sites (N-methyl/N-ethyl adjacent to an activating group) is 1. The molecule has 2 nitrogen and oxygen atoms in total. The number of rotatable bonds is 7. The van der Waals surface area contributed by atoms with Crippen LogP contribution in [0.5, 0.6) is 5.75 Å². The zero-order valence-corrected chi connectivity index (χ0v) is 13.3. The van der Waals surface area contributed by atoms with Crippen LogP contribution in [-0.4, -0.2) is 19.2 Å². The minimum atomic E-state index is 0.202. The second-order valence-corrected chi connectivity index (χ2v) is 5.34. The highest BCUT2D eigenvalue weighted by molar-refractivity contribution is 5.46. The molecule has 0 saturated carbocycles. The Kier molecular flexibility index (Phi) is 5.68. The molecule has 0 aliphatic carbocycles. The van der Waals surface area contributed by atoms with E-state index in [9.17, 15) is 0 Å². The van der Waals surface area contributed by atoms with E-state index >= 15 is 0 Å². The van der Waals surface area contributed by atoms with Gasteiger partial charge < -0.3 is 9.64 Å². The lowest BCUT2D eigenvalue weighted by Crippen LogP contribution is -2.35. The van der Waals surface area contributed by atoms with Crippen LogP contribution in [0.2, 0.25) is 0 Å². The van der Waals surface area contributed by atoms with Crippen molar-refractivity contribution in [2.45, 2.75) is 33.3 Å². The molecule has 0 saturated heterocycles. The van der Waals surface area contributed by atoms with Crippen molar-refractivity contribution in [3.05, 3.63) is 60.2 Å². The van der Waals surface area contributed by atoms with Gasteiger partial charge in [0.25, 0.3) is 0 Å². The van der Waals surface area contributed by atoms with Crippen LogP contribution in [0.25, 0.3) is 0 Å². The van der Waals surface area contributed by atoms with E-state index in [0.29, 0.717) is 0 Å². The van der Waals surface area contributed by atoms with Gasteiger partial charge in [0.05, 0.1) is 6.54 Å². The van der Waals surface area contributed by atoms with Crippen molar-refractivity contribution < 1.29 is 4.74 Å². The second-order valence-electron chi connectivity index (χ2n) is 5.34. The molecular formula is C19H25NO. The van der Waals surface area contributed by atoms with Gasteiger partial charge in [-0.2, -0.15) is 0 Å². The summed E-state index contributed by atoms with van der Waals surface area (Å²) in [5.41, 5.74) is 2.51. The first-order chi connectivity index (χ1) is 10.2. The SMILES string of the molecule is CCC(CN(CC)c1ccccc1)Oc1ccc(C)cc1. The number of nitrogens with zero attached hydrogens (tertiary/aromatic N) is 1. The van der Waals surface area contributed by atoms with Gasteiger partial charge in [0.15, 0.2) is 0 Å². The number of ether oxygens (including phenoxy) is 1. The van der Waals surface area contributed by atoms with Crippen LogP contribution in [0, 0.1) is 6.92 Å². The topological polar surface area (TPSA) is 12.5 Å². The third kappa shape index (κ3) is 4.52. The molecule has 112 valence electrons. The van der Waals surface area contributed by atoms with Gasteiger partial charge in [0, 0.05) is 12.2 Å². The van der Waals surface area contributed by atoms with Gasteiger partial charge >= 0.3 is 0 Å². The Morgan fingerprint density at radius 3 is 2.19 bits per heavy atom. The summed E-state index contributed by atoms with van der Waals surface area (Å²) >= 11 is 0. The van der Waals surface area contributed by atoms with Crippen molar-refractivity contribution in [3.8, 4) is 5.75 Å². The van der Waals surface area contributed by atoms with Crippen molar-refractivity contribution in [1.29, 1.82) is 0 Å². The second kappa shape index (κ2) is 7.72. The Morgan fingerprint density at radius 2 is 1.62 bits per heavy atom. The molecule has 2 aromatic carbocycles. The average Bonchev–Trinajstić information content (AvgIpc) is 2.54. The lowest BCUT2D eigenvalue weighted by molar-refractivity contribution is 0.202. The van der Waals surface area contributed by atoms with Crippen LogP contribution in [0.3, 0.4) is 0 Å². The van der Waals surface area contributed by atoms with Crippen LogP contribution >= 0.6 is 0 Å². The zero-order valence-electron chi connectivity index (χ0n) is 13.3. The molecular weight excluding hydrogens is 258 g/mol. The first-order valence-corrected chi connectivity index (χ1v) is 7.76. The Balaban J connectivity index is 2.02. The van der Waals surface area contributed by atoms with E-state index in [-0.39, 0.29) is 6.10 Å². The first kappa shape index (κ1) is 15.4. The number of aryl methyl sites for hydroxylation is 1. The predicted octanol–water partition coefficient (Wildman–Crippen LogP) is 4.68. The summed E-state index contributed by atoms with van der Waals surface area (Å²) in [4.78, 5) is 2.36. The first-order valence-electron chi connectivity index (χ1n) is 7.76. The molecule has 0 heterocycles. The molecule has 0 bridgehead atoms. The van der Waals surface area contributed by atoms with Gasteiger partial charge in [-0.3, -0.25) is 0 Å². The molecule has 0 radical (unpaired) electrons. The molecule has 0 spiro atoms. The van der Waals surface area contributed by atoms with Crippen LogP contribution in [0.4, 0.5) is 5.69 Å². The summed E-state index contributed by atoms with van der Waals surface area (Å²) in [7, 11) is 0. The molecule has 21 heavy (non-hydrogen) atoms. The highest BCUT2D eigenvalue weighted by Gasteiger charge is 2.13. The molecule has 0 amide bonds. The van der Waals surface area contributed by atoms with Crippen molar-refractivity contribution in [2.24, 2.45) is 0 Å². The Morgan fingerprint density at radius 1 is 0.952 bits per heavy atom. The molecule has 2 rings (SSSR count). The Bertz CT molecular complexity index is 521. The number of hydrogen-bond acceptors (Lipinski definition) is 2. The summed E-state index contributed by atoms with van der Waals surface area (Å²) in [5.74, 6) is 0.955. The maximum atomic E-state index is 6.13. The van der Waals surface area contributed by atoms with Gasteiger partial charge in [-0.15, -0.1) is 0 Å². The van der Waals surface area contributed by atoms with Crippen molar-refractivity contribution in [1.82, 2.24) is 0 Å². The number of hydrogen-bond donors (Lipinski definition) is 0. The molecule has 0 fully saturated rings. The fourth-order valence-electron chi connectivity index (χ4n) is 2.36. The summed E-state index contributed by atoms with van der Waals surface area (Å²) in [6, 6.07) is 18.8. The summed E-state index contributed by atoms with van der Waals surface area (Å²) in [5, 5.41) is 0. The van der Waals surface area contributed by atoms with Gasteiger partial charge in [-0.05, 0) is 44.5 Å². The Labute approximate surface area is 128 Å². The molecule has 0 aliphatic rings. The van der Waals surface area contributed by atoms with Crippen LogP contribution in [0.15, 0.2) is 54.6 Å². The molecule has 1 unspecified atom stereocenters. The zero-order chi connectivity index (χ0) is 15.1. The minimum absolute atomic E-state index is 0.202. The molecule has 1 atom stereocenters. The highest BCUT2D eigenvalue weighted by atomic mass is 16.5. The molecule has 0 aromatic heterocycles. The number of anilines is 1. The maximum Gasteiger partial charge on any atom is 0.119 e. The fourth-order valence-corrected chi connectivity index (χ4v) is 2.36. The third-order valence-corrected chi connectivity index (χ3v) is 3.71. The van der Waals surface area contributed by atoms with Crippen LogP contribution in [0.1, 0.15) is 25.8 Å². The van der Waals surface area contributed by atoms with Crippen LogP contribution in [-0.2, 0) is 0 Å². The third-order valence-electron chi connectivity index (χ3n) is 3.71. The molecule has 0 aliphatic heterocycles. The molecule has 2 aromatic rings. The number of para-hydroxylation sites is 1. The average molecular weight is 283 g/mol. The van der Waals surface area contributed by atoms with Crippen LogP contribution < -0.4 is 9.64 Å².